The molecule has 2 N–H and O–H groups in total. The van der Waals surface area contributed by atoms with Gasteiger partial charge in [0, 0.05) is 30.3 Å². The largest absolute Gasteiger partial charge is 0.491 e. The van der Waals surface area contributed by atoms with E-state index in [-0.39, 0.29) is 0 Å². The van der Waals surface area contributed by atoms with Crippen LogP contribution in [0.1, 0.15) is 26.0 Å². The van der Waals surface area contributed by atoms with Gasteiger partial charge >= 0.3 is 0 Å². The van der Waals surface area contributed by atoms with E-state index in [0.29, 0.717) is 41.7 Å². The van der Waals surface area contributed by atoms with E-state index in [0.717, 1.165) is 36.1 Å². The predicted molar refractivity (Wildman–Crippen MR) is 113 cm³/mol. The number of ether oxygens (including phenoxy) is 2. The van der Waals surface area contributed by atoms with E-state index in [1.54, 1.807) is 19.5 Å². The summed E-state index contributed by atoms with van der Waals surface area (Å²) in [5.41, 5.74) is 1.83. The van der Waals surface area contributed by atoms with E-state index < -0.39 is 0 Å². The van der Waals surface area contributed by atoms with Crippen LogP contribution in [0.25, 0.3) is 10.9 Å². The Bertz CT molecular complexity index is 986. The number of hydrogen-bond donors (Lipinski definition) is 2. The second-order valence-corrected chi connectivity index (χ2v) is 7.84. The molecule has 154 valence electrons. The van der Waals surface area contributed by atoms with Crippen LogP contribution in [0.15, 0.2) is 24.5 Å². The molecule has 4 rings (SSSR count). The van der Waals surface area contributed by atoms with Gasteiger partial charge in [0.05, 0.1) is 37.0 Å². The van der Waals surface area contributed by atoms with Gasteiger partial charge in [-0.15, -0.1) is 0 Å². The summed E-state index contributed by atoms with van der Waals surface area (Å²) in [4.78, 5) is 11.5. The topological polar surface area (TPSA) is 88.2 Å². The lowest BCUT2D eigenvalue weighted by Crippen LogP contribution is -2.29. The second-order valence-electron chi connectivity index (χ2n) is 7.84. The molecule has 3 aromatic heterocycles. The van der Waals surface area contributed by atoms with E-state index in [1.165, 1.54) is 0 Å². The van der Waals surface area contributed by atoms with Crippen LogP contribution in [0.3, 0.4) is 0 Å². The highest BCUT2D eigenvalue weighted by Gasteiger charge is 2.25. The number of aromatic nitrogens is 4. The van der Waals surface area contributed by atoms with Crippen molar-refractivity contribution in [3.63, 3.8) is 0 Å². The van der Waals surface area contributed by atoms with Crippen LogP contribution in [0.2, 0.25) is 0 Å². The van der Waals surface area contributed by atoms with Crippen molar-refractivity contribution in [1.82, 2.24) is 25.1 Å². The van der Waals surface area contributed by atoms with Gasteiger partial charge in [-0.1, -0.05) is 0 Å². The van der Waals surface area contributed by atoms with Crippen molar-refractivity contribution in [2.45, 2.75) is 33.2 Å². The van der Waals surface area contributed by atoms with Crippen LogP contribution in [0.4, 0.5) is 11.6 Å². The number of likely N-dealkylation sites (tertiary alicyclic amines) is 1. The summed E-state index contributed by atoms with van der Waals surface area (Å²) in [7, 11) is 1.63. The Morgan fingerprint density at radius 2 is 2.14 bits per heavy atom. The Balaban J connectivity index is 1.50. The predicted octanol–water partition coefficient (Wildman–Crippen LogP) is 3.52. The summed E-state index contributed by atoms with van der Waals surface area (Å²) in [6.45, 7) is 9.29. The fourth-order valence-corrected chi connectivity index (χ4v) is 3.72. The van der Waals surface area contributed by atoms with Gasteiger partial charge in [0.15, 0.2) is 11.5 Å². The summed E-state index contributed by atoms with van der Waals surface area (Å²) in [5.74, 6) is 3.19. The maximum absolute atomic E-state index is 6.14. The van der Waals surface area contributed by atoms with Crippen molar-refractivity contribution in [3.05, 3.63) is 30.2 Å². The minimum Gasteiger partial charge on any atom is -0.491 e. The van der Waals surface area contributed by atoms with Gasteiger partial charge in [0.2, 0.25) is 0 Å². The number of fused-ring (bicyclic) bond motifs is 1. The fraction of sp³-hybridized carbons (Fsp3) is 0.476. The Morgan fingerprint density at radius 1 is 1.28 bits per heavy atom. The number of H-pyrrole nitrogens is 1. The normalized spacial score (nSPS) is 17.2. The summed E-state index contributed by atoms with van der Waals surface area (Å²) in [5, 5.41) is 11.3. The van der Waals surface area contributed by atoms with Gasteiger partial charge in [-0.2, -0.15) is 5.10 Å². The monoisotopic (exact) mass is 396 g/mol. The molecule has 4 heterocycles. The lowest BCUT2D eigenvalue weighted by molar-refractivity contribution is 0.218. The van der Waals surface area contributed by atoms with Gasteiger partial charge in [-0.25, -0.2) is 9.97 Å². The van der Waals surface area contributed by atoms with E-state index in [9.17, 15) is 0 Å². The van der Waals surface area contributed by atoms with Crippen LogP contribution in [0.5, 0.6) is 11.5 Å². The van der Waals surface area contributed by atoms with E-state index in [4.69, 9.17) is 9.47 Å². The smallest absolute Gasteiger partial charge is 0.179 e. The molecule has 29 heavy (non-hydrogen) atoms. The fourth-order valence-electron chi connectivity index (χ4n) is 3.72. The lowest BCUT2D eigenvalue weighted by Gasteiger charge is -2.20. The van der Waals surface area contributed by atoms with Crippen LogP contribution >= 0.6 is 0 Å². The van der Waals surface area contributed by atoms with Crippen molar-refractivity contribution in [2.75, 3.05) is 32.1 Å². The summed E-state index contributed by atoms with van der Waals surface area (Å²) < 4.78 is 11.6. The third-order valence-corrected chi connectivity index (χ3v) is 5.39. The Kier molecular flexibility index (Phi) is 5.53. The quantitative estimate of drug-likeness (QED) is 0.632. The third-order valence-electron chi connectivity index (χ3n) is 5.39. The highest BCUT2D eigenvalue weighted by Crippen LogP contribution is 2.32. The SMILES string of the molecule is COc1cnc(Nc2nc(C)cc3[nH]ncc23)cc1OC[C@@H]1CCN(C(C)C)C1. The Morgan fingerprint density at radius 3 is 2.90 bits per heavy atom. The zero-order valence-electron chi connectivity index (χ0n) is 17.4. The molecule has 8 nitrogen and oxygen atoms in total. The summed E-state index contributed by atoms with van der Waals surface area (Å²) in [6, 6.07) is 4.41. The number of aryl methyl sites for hydroxylation is 1. The number of nitrogens with one attached hydrogen (secondary N) is 2. The molecule has 1 saturated heterocycles. The molecule has 0 aliphatic carbocycles. The Labute approximate surface area is 170 Å². The first-order chi connectivity index (χ1) is 14.0. The molecule has 8 heteroatoms. The number of methoxy groups -OCH3 is 1. The first-order valence-electron chi connectivity index (χ1n) is 10.0. The molecule has 1 aliphatic rings. The summed E-state index contributed by atoms with van der Waals surface area (Å²) >= 11 is 0. The minimum absolute atomic E-state index is 0.524. The number of aromatic amines is 1. The Hall–Kier alpha value is -2.87. The van der Waals surface area contributed by atoms with Crippen molar-refractivity contribution in [2.24, 2.45) is 5.92 Å². The summed E-state index contributed by atoms with van der Waals surface area (Å²) in [6.07, 6.45) is 4.59. The first kappa shape index (κ1) is 19.4. The standard InChI is InChI=1S/C21H28N6O2/c1-13(2)27-6-5-15(11-27)12-29-18-8-20(22-10-19(18)28-4)25-21-16-9-23-26-17(16)7-14(3)24-21/h7-10,13,15H,5-6,11-12H2,1-4H3,(H,23,26)(H,22,24,25)/t15-/m1/s1. The van der Waals surface area contributed by atoms with Gasteiger partial charge < -0.3 is 19.7 Å². The van der Waals surface area contributed by atoms with E-state index in [1.807, 2.05) is 19.1 Å². The maximum Gasteiger partial charge on any atom is 0.179 e. The van der Waals surface area contributed by atoms with E-state index >= 15 is 0 Å². The average molecular weight is 396 g/mol. The van der Waals surface area contributed by atoms with Crippen LogP contribution in [-0.2, 0) is 0 Å². The minimum atomic E-state index is 0.524. The number of anilines is 2. The number of nitrogens with zero attached hydrogens (tertiary/aromatic N) is 4. The van der Waals surface area contributed by atoms with Gasteiger partial charge in [-0.3, -0.25) is 5.10 Å². The van der Waals surface area contributed by atoms with Crippen LogP contribution in [0, 0.1) is 12.8 Å². The number of pyridine rings is 2. The average Bonchev–Trinajstić information content (AvgIpc) is 3.36. The molecule has 0 unspecified atom stereocenters. The number of rotatable bonds is 7. The zero-order valence-corrected chi connectivity index (χ0v) is 17.4. The van der Waals surface area contributed by atoms with Gasteiger partial charge in [0.1, 0.15) is 11.6 Å². The molecular formula is C21H28N6O2. The van der Waals surface area contributed by atoms with Gasteiger partial charge in [-0.05, 0) is 39.8 Å². The molecule has 1 fully saturated rings. The number of hydrogen-bond acceptors (Lipinski definition) is 7. The molecule has 1 atom stereocenters. The zero-order chi connectivity index (χ0) is 20.4. The molecule has 0 bridgehead atoms. The highest BCUT2D eigenvalue weighted by molar-refractivity contribution is 5.90. The lowest BCUT2D eigenvalue weighted by atomic mass is 10.1. The molecule has 1 aliphatic heterocycles. The molecular weight excluding hydrogens is 368 g/mol. The van der Waals surface area contributed by atoms with Crippen molar-refractivity contribution in [1.29, 1.82) is 0 Å². The third kappa shape index (κ3) is 4.27. The van der Waals surface area contributed by atoms with E-state index in [2.05, 4.69) is 44.2 Å². The second kappa shape index (κ2) is 8.24. The first-order valence-corrected chi connectivity index (χ1v) is 10.0. The van der Waals surface area contributed by atoms with Crippen molar-refractivity contribution in [3.8, 4) is 11.5 Å². The van der Waals surface area contributed by atoms with Gasteiger partial charge in [0.25, 0.3) is 0 Å². The molecule has 0 amide bonds. The molecule has 0 radical (unpaired) electrons. The maximum atomic E-state index is 6.14. The molecule has 0 saturated carbocycles. The molecule has 0 aromatic carbocycles. The van der Waals surface area contributed by atoms with Crippen LogP contribution < -0.4 is 14.8 Å². The van der Waals surface area contributed by atoms with Crippen molar-refractivity contribution < 1.29 is 9.47 Å². The van der Waals surface area contributed by atoms with Crippen molar-refractivity contribution >= 4 is 22.5 Å². The molecule has 0 spiro atoms. The molecule has 3 aromatic rings. The highest BCUT2D eigenvalue weighted by atomic mass is 16.5. The van der Waals surface area contributed by atoms with Crippen LogP contribution in [-0.4, -0.2) is 57.9 Å².